The molecule has 0 aromatic carbocycles. The molecule has 0 heterocycles. The van der Waals surface area contributed by atoms with Crippen LogP contribution < -0.4 is 11.5 Å². The quantitative estimate of drug-likeness (QED) is 0.505. The second kappa shape index (κ2) is 2.50. The van der Waals surface area contributed by atoms with Gasteiger partial charge in [0, 0.05) is 0 Å². The first-order valence-electron chi connectivity index (χ1n) is 2.39. The van der Waals surface area contributed by atoms with Crippen LogP contribution in [-0.4, -0.2) is 0 Å². The van der Waals surface area contributed by atoms with Crippen LogP contribution in [0.5, 0.6) is 0 Å². The van der Waals surface area contributed by atoms with Crippen LogP contribution in [-0.2, 0) is 0 Å². The molecular weight excluding hydrogens is 88.1 g/mol. The van der Waals surface area contributed by atoms with E-state index in [1.165, 1.54) is 0 Å². The monoisotopic (exact) mass is 100 g/mol. The van der Waals surface area contributed by atoms with Crippen LogP contribution in [0.25, 0.3) is 0 Å². The summed E-state index contributed by atoms with van der Waals surface area (Å²) in [5.41, 5.74) is 11.5. The van der Waals surface area contributed by atoms with Gasteiger partial charge in [-0.15, -0.1) is 0 Å². The molecule has 0 bridgehead atoms. The summed E-state index contributed by atoms with van der Waals surface area (Å²) in [7, 11) is 0. The Kier molecular flexibility index (Phi) is 2.27. The summed E-state index contributed by atoms with van der Waals surface area (Å²) in [6.07, 6.45) is 0.947. The Morgan fingerprint density at radius 3 is 1.86 bits per heavy atom. The van der Waals surface area contributed by atoms with Gasteiger partial charge in [0.15, 0.2) is 0 Å². The maximum Gasteiger partial charge on any atom is 0.0922 e. The van der Waals surface area contributed by atoms with Crippen molar-refractivity contribution < 1.29 is 0 Å². The first-order chi connectivity index (χ1) is 3.18. The molecule has 2 nitrogen and oxygen atoms in total. The van der Waals surface area contributed by atoms with E-state index in [0.29, 0.717) is 5.82 Å². The minimum Gasteiger partial charge on any atom is -0.386 e. The molecule has 4 N–H and O–H groups in total. The van der Waals surface area contributed by atoms with Crippen molar-refractivity contribution in [2.75, 3.05) is 0 Å². The highest BCUT2D eigenvalue weighted by Crippen LogP contribution is 1.95. The van der Waals surface area contributed by atoms with E-state index >= 15 is 0 Å². The molecular formula is C5H12N2. The Labute approximate surface area is 44.2 Å². The van der Waals surface area contributed by atoms with E-state index in [1.807, 2.05) is 13.8 Å². The smallest absolute Gasteiger partial charge is 0.0922 e. The Hall–Kier alpha value is -0.660. The first-order valence-corrected chi connectivity index (χ1v) is 2.39. The lowest BCUT2D eigenvalue weighted by molar-refractivity contribution is 1.02. The molecule has 7 heavy (non-hydrogen) atoms. The van der Waals surface area contributed by atoms with Crippen LogP contribution in [0.15, 0.2) is 11.4 Å². The SMILES string of the molecule is CCC(C)=C(N)N. The fraction of sp³-hybridized carbons (Fsp3) is 0.600. The van der Waals surface area contributed by atoms with Crippen LogP contribution in [0, 0.1) is 0 Å². The number of nitrogens with two attached hydrogens (primary N) is 2. The van der Waals surface area contributed by atoms with Crippen molar-refractivity contribution in [2.24, 2.45) is 11.5 Å². The molecule has 0 aliphatic carbocycles. The van der Waals surface area contributed by atoms with Gasteiger partial charge in [0.25, 0.3) is 0 Å². The fourth-order valence-electron chi connectivity index (χ4n) is 0.204. The predicted octanol–water partition coefficient (Wildman–Crippen LogP) is 0.545. The average molecular weight is 100 g/mol. The zero-order chi connectivity index (χ0) is 5.86. The van der Waals surface area contributed by atoms with E-state index in [0.717, 1.165) is 12.0 Å². The lowest BCUT2D eigenvalue weighted by Gasteiger charge is -1.94. The van der Waals surface area contributed by atoms with Crippen molar-refractivity contribution in [3.8, 4) is 0 Å². The van der Waals surface area contributed by atoms with Crippen LogP contribution >= 0.6 is 0 Å². The summed E-state index contributed by atoms with van der Waals surface area (Å²) in [4.78, 5) is 0. The van der Waals surface area contributed by atoms with E-state index < -0.39 is 0 Å². The molecule has 0 saturated carbocycles. The summed E-state index contributed by atoms with van der Waals surface area (Å²) in [6, 6.07) is 0. The molecule has 0 atom stereocenters. The highest BCUT2D eigenvalue weighted by Gasteiger charge is 1.84. The number of hydrogen-bond donors (Lipinski definition) is 2. The van der Waals surface area contributed by atoms with E-state index in [9.17, 15) is 0 Å². The normalized spacial score (nSPS) is 8.29. The Morgan fingerprint density at radius 2 is 1.86 bits per heavy atom. The maximum atomic E-state index is 5.20. The van der Waals surface area contributed by atoms with Gasteiger partial charge in [0.1, 0.15) is 0 Å². The van der Waals surface area contributed by atoms with Gasteiger partial charge in [-0.05, 0) is 18.9 Å². The third-order valence-electron chi connectivity index (χ3n) is 1.02. The van der Waals surface area contributed by atoms with Crippen molar-refractivity contribution in [1.29, 1.82) is 0 Å². The van der Waals surface area contributed by atoms with E-state index in [2.05, 4.69) is 0 Å². The predicted molar refractivity (Wildman–Crippen MR) is 31.4 cm³/mol. The summed E-state index contributed by atoms with van der Waals surface area (Å²) < 4.78 is 0. The Balaban J connectivity index is 3.72. The molecule has 0 spiro atoms. The lowest BCUT2D eigenvalue weighted by Crippen LogP contribution is -2.10. The van der Waals surface area contributed by atoms with Gasteiger partial charge >= 0.3 is 0 Å². The second-order valence-corrected chi connectivity index (χ2v) is 1.59. The van der Waals surface area contributed by atoms with Gasteiger partial charge in [-0.2, -0.15) is 0 Å². The molecule has 0 aliphatic rings. The molecule has 0 unspecified atom stereocenters. The molecule has 0 saturated heterocycles. The van der Waals surface area contributed by atoms with Gasteiger partial charge in [-0.1, -0.05) is 6.92 Å². The van der Waals surface area contributed by atoms with Crippen LogP contribution in [0.2, 0.25) is 0 Å². The summed E-state index contributed by atoms with van der Waals surface area (Å²) in [5.74, 6) is 0.461. The maximum absolute atomic E-state index is 5.20. The third-order valence-corrected chi connectivity index (χ3v) is 1.02. The van der Waals surface area contributed by atoms with Crippen molar-refractivity contribution in [3.05, 3.63) is 11.4 Å². The molecule has 0 radical (unpaired) electrons. The molecule has 0 rings (SSSR count). The lowest BCUT2D eigenvalue weighted by atomic mass is 10.2. The van der Waals surface area contributed by atoms with E-state index in [4.69, 9.17) is 11.5 Å². The van der Waals surface area contributed by atoms with E-state index in [-0.39, 0.29) is 0 Å². The van der Waals surface area contributed by atoms with Crippen molar-refractivity contribution >= 4 is 0 Å². The molecule has 0 aromatic heterocycles. The largest absolute Gasteiger partial charge is 0.386 e. The summed E-state index contributed by atoms with van der Waals surface area (Å²) in [6.45, 7) is 3.95. The summed E-state index contributed by atoms with van der Waals surface area (Å²) >= 11 is 0. The standard InChI is InChI=1S/C5H12N2/c1-3-4(2)5(6)7/h3,6-7H2,1-2H3. The van der Waals surface area contributed by atoms with E-state index in [1.54, 1.807) is 0 Å². The van der Waals surface area contributed by atoms with Crippen LogP contribution in [0.3, 0.4) is 0 Å². The number of allylic oxidation sites excluding steroid dienone is 1. The minimum absolute atomic E-state index is 0.461. The first kappa shape index (κ1) is 6.34. The molecule has 2 heteroatoms. The summed E-state index contributed by atoms with van der Waals surface area (Å²) in [5, 5.41) is 0. The van der Waals surface area contributed by atoms with Crippen molar-refractivity contribution in [3.63, 3.8) is 0 Å². The fourth-order valence-corrected chi connectivity index (χ4v) is 0.204. The molecule has 0 aromatic rings. The molecule has 0 aliphatic heterocycles. The van der Waals surface area contributed by atoms with Crippen LogP contribution in [0.1, 0.15) is 20.3 Å². The molecule has 0 amide bonds. The second-order valence-electron chi connectivity index (χ2n) is 1.59. The zero-order valence-corrected chi connectivity index (χ0v) is 4.86. The van der Waals surface area contributed by atoms with Gasteiger partial charge in [-0.3, -0.25) is 0 Å². The minimum atomic E-state index is 0.461. The number of rotatable bonds is 1. The van der Waals surface area contributed by atoms with Gasteiger partial charge < -0.3 is 11.5 Å². The van der Waals surface area contributed by atoms with Crippen molar-refractivity contribution in [2.45, 2.75) is 20.3 Å². The number of hydrogen-bond acceptors (Lipinski definition) is 2. The van der Waals surface area contributed by atoms with Gasteiger partial charge in [0.2, 0.25) is 0 Å². The van der Waals surface area contributed by atoms with Gasteiger partial charge in [0.05, 0.1) is 5.82 Å². The highest BCUT2D eigenvalue weighted by molar-refractivity contribution is 5.02. The zero-order valence-electron chi connectivity index (χ0n) is 4.86. The van der Waals surface area contributed by atoms with Crippen molar-refractivity contribution in [1.82, 2.24) is 0 Å². The third kappa shape index (κ3) is 2.09. The molecule has 42 valence electrons. The Morgan fingerprint density at radius 1 is 1.43 bits per heavy atom. The van der Waals surface area contributed by atoms with Gasteiger partial charge in [-0.25, -0.2) is 0 Å². The molecule has 0 fully saturated rings. The average Bonchev–Trinajstić information content (AvgIpc) is 1.65. The highest BCUT2D eigenvalue weighted by atomic mass is 14.8. The van der Waals surface area contributed by atoms with Crippen LogP contribution in [0.4, 0.5) is 0 Å². The Bertz CT molecular complexity index is 80.1. The topological polar surface area (TPSA) is 52.0 Å².